The van der Waals surface area contributed by atoms with Crippen LogP contribution in [0.3, 0.4) is 0 Å². The van der Waals surface area contributed by atoms with E-state index in [0.29, 0.717) is 5.89 Å². The van der Waals surface area contributed by atoms with Crippen molar-refractivity contribution in [3.63, 3.8) is 0 Å². The van der Waals surface area contributed by atoms with E-state index >= 15 is 0 Å². The van der Waals surface area contributed by atoms with E-state index in [2.05, 4.69) is 10.1 Å². The van der Waals surface area contributed by atoms with E-state index in [1.54, 1.807) is 11.8 Å². The summed E-state index contributed by atoms with van der Waals surface area (Å²) >= 11 is 1.67. The Morgan fingerprint density at radius 3 is 2.57 bits per heavy atom. The molecule has 2 N–H and O–H groups in total. The number of rotatable bonds is 5. The molecule has 1 aromatic rings. The lowest BCUT2D eigenvalue weighted by atomic mass is 9.94. The van der Waals surface area contributed by atoms with E-state index in [9.17, 15) is 0 Å². The van der Waals surface area contributed by atoms with Gasteiger partial charge >= 0.3 is 0 Å². The topological polar surface area (TPSA) is 64.9 Å². The van der Waals surface area contributed by atoms with E-state index < -0.39 is 5.54 Å². The van der Waals surface area contributed by atoms with Crippen LogP contribution in [-0.4, -0.2) is 16.4 Å². The average Bonchev–Trinajstić information content (AvgIpc) is 2.66. The van der Waals surface area contributed by atoms with Gasteiger partial charge in [0, 0.05) is 0 Å². The lowest BCUT2D eigenvalue weighted by Gasteiger charge is -2.20. The van der Waals surface area contributed by atoms with Gasteiger partial charge in [0.1, 0.15) is 0 Å². The van der Waals surface area contributed by atoms with E-state index in [0.717, 1.165) is 24.4 Å². The molecule has 0 aliphatic rings. The van der Waals surface area contributed by atoms with Crippen LogP contribution in [0.4, 0.5) is 0 Å². The van der Waals surface area contributed by atoms with E-state index in [1.165, 1.54) is 0 Å². The van der Waals surface area contributed by atoms with Gasteiger partial charge in [0.15, 0.2) is 5.82 Å². The van der Waals surface area contributed by atoms with Crippen LogP contribution in [0.1, 0.15) is 38.4 Å². The molecule has 0 spiro atoms. The van der Waals surface area contributed by atoms with Gasteiger partial charge in [-0.25, -0.2) is 0 Å². The molecule has 0 bridgehead atoms. The molecule has 0 unspecified atom stereocenters. The zero-order chi connectivity index (χ0) is 10.6. The first kappa shape index (κ1) is 11.5. The number of hydrogen-bond donors (Lipinski definition) is 1. The summed E-state index contributed by atoms with van der Waals surface area (Å²) in [7, 11) is 0. The molecule has 0 atom stereocenters. The van der Waals surface area contributed by atoms with Crippen LogP contribution >= 0.6 is 11.8 Å². The van der Waals surface area contributed by atoms with Gasteiger partial charge in [-0.15, -0.1) is 0 Å². The molecule has 0 aromatic carbocycles. The zero-order valence-electron chi connectivity index (χ0n) is 8.91. The first-order valence-electron chi connectivity index (χ1n) is 4.77. The number of aromatic nitrogens is 2. The third kappa shape index (κ3) is 2.27. The quantitative estimate of drug-likeness (QED) is 0.812. The largest absolute Gasteiger partial charge is 0.337 e. The summed E-state index contributed by atoms with van der Waals surface area (Å²) in [6, 6.07) is 0. The first-order valence-corrected chi connectivity index (χ1v) is 6.16. The van der Waals surface area contributed by atoms with Crippen LogP contribution in [0.15, 0.2) is 4.52 Å². The first-order chi connectivity index (χ1) is 6.66. The summed E-state index contributed by atoms with van der Waals surface area (Å²) in [6.07, 6.45) is 3.63. The molecule has 80 valence electrons. The maximum atomic E-state index is 6.12. The molecule has 1 heterocycles. The highest BCUT2D eigenvalue weighted by atomic mass is 32.2. The smallest absolute Gasteiger partial charge is 0.246 e. The van der Waals surface area contributed by atoms with Gasteiger partial charge in [0.2, 0.25) is 5.89 Å². The van der Waals surface area contributed by atoms with E-state index in [4.69, 9.17) is 10.3 Å². The second-order valence-electron chi connectivity index (χ2n) is 3.31. The van der Waals surface area contributed by atoms with Gasteiger partial charge in [-0.05, 0) is 19.1 Å². The summed E-state index contributed by atoms with van der Waals surface area (Å²) in [5.41, 5.74) is 5.67. The Bertz CT molecular complexity index is 283. The number of hydrogen-bond acceptors (Lipinski definition) is 5. The van der Waals surface area contributed by atoms with Crippen LogP contribution < -0.4 is 5.73 Å². The minimum atomic E-state index is -0.455. The van der Waals surface area contributed by atoms with Gasteiger partial charge in [-0.2, -0.15) is 16.7 Å². The minimum Gasteiger partial charge on any atom is -0.337 e. The normalized spacial score (nSPS) is 12.0. The Hall–Kier alpha value is -0.550. The molecule has 0 radical (unpaired) electrons. The zero-order valence-corrected chi connectivity index (χ0v) is 9.73. The van der Waals surface area contributed by atoms with Crippen molar-refractivity contribution in [1.29, 1.82) is 0 Å². The monoisotopic (exact) mass is 215 g/mol. The molecular weight excluding hydrogens is 198 g/mol. The Morgan fingerprint density at radius 2 is 2.07 bits per heavy atom. The van der Waals surface area contributed by atoms with Crippen LogP contribution in [0.25, 0.3) is 0 Å². The van der Waals surface area contributed by atoms with Crippen molar-refractivity contribution >= 4 is 11.8 Å². The number of nitrogens with two attached hydrogens (primary N) is 1. The van der Waals surface area contributed by atoms with Crippen LogP contribution in [0, 0.1) is 0 Å². The van der Waals surface area contributed by atoms with Gasteiger partial charge in [-0.1, -0.05) is 19.0 Å². The summed E-state index contributed by atoms with van der Waals surface area (Å²) in [6.45, 7) is 4.06. The molecule has 0 amide bonds. The molecule has 4 nitrogen and oxygen atoms in total. The highest BCUT2D eigenvalue weighted by molar-refractivity contribution is 7.97. The van der Waals surface area contributed by atoms with E-state index in [1.807, 2.05) is 20.1 Å². The fourth-order valence-corrected chi connectivity index (χ4v) is 1.57. The second-order valence-corrected chi connectivity index (χ2v) is 4.18. The standard InChI is InChI=1S/C9H17N3OS/c1-4-9(10,5-2)8-11-7(6-14-3)12-13-8/h4-6,10H2,1-3H3. The molecule has 0 saturated heterocycles. The maximum Gasteiger partial charge on any atom is 0.246 e. The highest BCUT2D eigenvalue weighted by Crippen LogP contribution is 2.24. The van der Waals surface area contributed by atoms with Gasteiger partial charge < -0.3 is 10.3 Å². The minimum absolute atomic E-state index is 0.455. The van der Waals surface area contributed by atoms with E-state index in [-0.39, 0.29) is 0 Å². The highest BCUT2D eigenvalue weighted by Gasteiger charge is 2.29. The fraction of sp³-hybridized carbons (Fsp3) is 0.778. The molecule has 0 saturated carbocycles. The SMILES string of the molecule is CCC(N)(CC)c1nc(CSC)no1. The molecule has 14 heavy (non-hydrogen) atoms. The van der Waals surface area contributed by atoms with Crippen molar-refractivity contribution in [1.82, 2.24) is 10.1 Å². The third-order valence-corrected chi connectivity index (χ3v) is 2.98. The van der Waals surface area contributed by atoms with Gasteiger partial charge in [0.25, 0.3) is 0 Å². The lowest BCUT2D eigenvalue weighted by molar-refractivity contribution is 0.267. The van der Waals surface area contributed by atoms with Crippen molar-refractivity contribution in [2.45, 2.75) is 38.0 Å². The second kappa shape index (κ2) is 4.79. The number of thioether (sulfide) groups is 1. The van der Waals surface area contributed by atoms with Crippen LogP contribution in [-0.2, 0) is 11.3 Å². The molecule has 0 aliphatic heterocycles. The molecule has 0 aliphatic carbocycles. The van der Waals surface area contributed by atoms with Gasteiger partial charge in [0.05, 0.1) is 11.3 Å². The van der Waals surface area contributed by atoms with Gasteiger partial charge in [-0.3, -0.25) is 0 Å². The maximum absolute atomic E-state index is 6.12. The van der Waals surface area contributed by atoms with Crippen molar-refractivity contribution in [3.8, 4) is 0 Å². The summed E-state index contributed by atoms with van der Waals surface area (Å²) < 4.78 is 5.16. The van der Waals surface area contributed by atoms with Crippen molar-refractivity contribution in [2.75, 3.05) is 6.26 Å². The lowest BCUT2D eigenvalue weighted by Crippen LogP contribution is -2.35. The Labute approximate surface area is 88.6 Å². The van der Waals surface area contributed by atoms with Crippen LogP contribution in [0.2, 0.25) is 0 Å². The summed E-state index contributed by atoms with van der Waals surface area (Å²) in [5.74, 6) is 2.06. The molecule has 5 heteroatoms. The van der Waals surface area contributed by atoms with Crippen molar-refractivity contribution in [3.05, 3.63) is 11.7 Å². The average molecular weight is 215 g/mol. The molecule has 1 aromatic heterocycles. The Balaban J connectivity index is 2.84. The fourth-order valence-electron chi connectivity index (χ4n) is 1.20. The van der Waals surface area contributed by atoms with Crippen molar-refractivity contribution < 1.29 is 4.52 Å². The predicted molar refractivity (Wildman–Crippen MR) is 58.0 cm³/mol. The van der Waals surface area contributed by atoms with Crippen molar-refractivity contribution in [2.24, 2.45) is 5.73 Å². The molecule has 1 rings (SSSR count). The summed E-state index contributed by atoms with van der Waals surface area (Å²) in [5, 5.41) is 3.88. The Kier molecular flexibility index (Phi) is 3.95. The number of nitrogens with zero attached hydrogens (tertiary/aromatic N) is 2. The molecular formula is C9H17N3OS. The summed E-state index contributed by atoms with van der Waals surface area (Å²) in [4.78, 5) is 4.29. The predicted octanol–water partition coefficient (Wildman–Crippen LogP) is 1.91. The van der Waals surface area contributed by atoms with Crippen LogP contribution in [0.5, 0.6) is 0 Å². The Morgan fingerprint density at radius 1 is 1.43 bits per heavy atom. The third-order valence-electron chi connectivity index (χ3n) is 2.43. The molecule has 0 fully saturated rings.